The number of imidazole rings is 1. The monoisotopic (exact) mass is 466 g/mol. The fourth-order valence-corrected chi connectivity index (χ4v) is 4.28. The van der Waals surface area contributed by atoms with Crippen molar-refractivity contribution in [3.8, 4) is 22.6 Å². The number of benzene rings is 2. The molecule has 0 radical (unpaired) electrons. The molecule has 1 atom stereocenters. The first-order valence-electron chi connectivity index (χ1n) is 10.4. The molecule has 1 saturated heterocycles. The fraction of sp³-hybridized carbons (Fsp3) is 0.208. The number of methoxy groups -OCH3 is 1. The quantitative estimate of drug-likeness (QED) is 0.448. The number of rotatable bonds is 4. The summed E-state index contributed by atoms with van der Waals surface area (Å²) in [4.78, 5) is 29.8. The molecule has 170 valence electrons. The number of pyridine rings is 1. The van der Waals surface area contributed by atoms with Gasteiger partial charge >= 0.3 is 11.7 Å². The highest BCUT2D eigenvalue weighted by Gasteiger charge is 2.24. The molecule has 1 aliphatic heterocycles. The average molecular weight is 467 g/mol. The molecule has 4 aromatic rings. The number of hydrogen-bond acceptors (Lipinski definition) is 6. The molecule has 5 rings (SSSR count). The van der Waals surface area contributed by atoms with E-state index >= 15 is 0 Å². The molecule has 2 aromatic carbocycles. The van der Waals surface area contributed by atoms with E-state index in [0.717, 1.165) is 41.8 Å². The fourth-order valence-electron chi connectivity index (χ4n) is 4.28. The molecule has 0 spiro atoms. The number of fused-ring (bicyclic) bond motifs is 1. The van der Waals surface area contributed by atoms with Gasteiger partial charge in [0.25, 0.3) is 0 Å². The lowest BCUT2D eigenvalue weighted by molar-refractivity contribution is 0.0597. The van der Waals surface area contributed by atoms with Crippen LogP contribution in [0.15, 0.2) is 65.6 Å². The van der Waals surface area contributed by atoms with Crippen LogP contribution in [0.5, 0.6) is 5.75 Å². The summed E-state index contributed by atoms with van der Waals surface area (Å²) in [5.41, 5.74) is 3.75. The molecule has 0 bridgehead atoms. The molecule has 1 aliphatic rings. The zero-order valence-electron chi connectivity index (χ0n) is 17.9. The second kappa shape index (κ2) is 9.09. The van der Waals surface area contributed by atoms with Crippen LogP contribution in [0.1, 0.15) is 22.8 Å². The third-order valence-electron chi connectivity index (χ3n) is 5.89. The number of nitrogens with one attached hydrogen (secondary N) is 1. The number of aromatic hydroxyl groups is 1. The van der Waals surface area contributed by atoms with Crippen LogP contribution < -0.4 is 11.0 Å². The van der Waals surface area contributed by atoms with Crippen LogP contribution in [0.25, 0.3) is 28.0 Å². The van der Waals surface area contributed by atoms with Gasteiger partial charge in [-0.25, -0.2) is 14.6 Å². The van der Waals surface area contributed by atoms with E-state index in [2.05, 4.69) is 10.3 Å². The number of ether oxygens (including phenoxy) is 1. The Bertz CT molecular complexity index is 1370. The molecule has 2 N–H and O–H groups in total. The number of phenolic OH excluding ortho intramolecular Hbond substituents is 1. The third kappa shape index (κ3) is 3.88. The van der Waals surface area contributed by atoms with E-state index in [4.69, 9.17) is 4.74 Å². The lowest BCUT2D eigenvalue weighted by atomic mass is 10.0. The first kappa shape index (κ1) is 22.6. The van der Waals surface area contributed by atoms with Gasteiger partial charge in [-0.1, -0.05) is 18.2 Å². The number of aromatic nitrogens is 3. The number of carbonyl (C=O) groups excluding carboxylic acids is 1. The molecule has 9 heteroatoms. The number of esters is 1. The maximum Gasteiger partial charge on any atom is 0.341 e. The molecule has 0 saturated carbocycles. The first-order valence-corrected chi connectivity index (χ1v) is 10.4. The number of hydrogen-bond donors (Lipinski definition) is 2. The predicted octanol–water partition coefficient (Wildman–Crippen LogP) is 3.30. The highest BCUT2D eigenvalue weighted by atomic mass is 35.5. The van der Waals surface area contributed by atoms with Crippen LogP contribution in [0, 0.1) is 0 Å². The van der Waals surface area contributed by atoms with Crippen molar-refractivity contribution in [2.24, 2.45) is 0 Å². The largest absolute Gasteiger partial charge is 0.507 e. The smallest absolute Gasteiger partial charge is 0.341 e. The van der Waals surface area contributed by atoms with Crippen molar-refractivity contribution in [3.05, 3.63) is 76.8 Å². The Labute approximate surface area is 195 Å². The highest BCUT2D eigenvalue weighted by Crippen LogP contribution is 2.28. The van der Waals surface area contributed by atoms with Crippen molar-refractivity contribution in [3.63, 3.8) is 0 Å². The van der Waals surface area contributed by atoms with E-state index in [9.17, 15) is 14.7 Å². The van der Waals surface area contributed by atoms with E-state index in [1.54, 1.807) is 27.5 Å². The molecule has 33 heavy (non-hydrogen) atoms. The van der Waals surface area contributed by atoms with Gasteiger partial charge in [-0.15, -0.1) is 12.4 Å². The topological polar surface area (TPSA) is 98.4 Å². The van der Waals surface area contributed by atoms with Gasteiger partial charge in [-0.05, 0) is 60.5 Å². The maximum atomic E-state index is 13.4. The second-order valence-electron chi connectivity index (χ2n) is 7.75. The standard InChI is InChI=1S/C24H22N4O4.ClH/c1-32-23(30)19-13-16(6-9-21(19)29)15-4-7-17(8-5-15)27-20-3-2-11-26-22(20)28(24(27)31)18-10-12-25-14-18;/h2-9,11,13,18,25,29H,10,12,14H2,1H3;1H/t18-;/m0./s1. The van der Waals surface area contributed by atoms with E-state index < -0.39 is 5.97 Å². The summed E-state index contributed by atoms with van der Waals surface area (Å²) in [6, 6.07) is 16.1. The summed E-state index contributed by atoms with van der Waals surface area (Å²) in [5.74, 6) is -0.736. The van der Waals surface area contributed by atoms with Gasteiger partial charge in [0.1, 0.15) is 11.3 Å². The number of nitrogens with zero attached hydrogens (tertiary/aromatic N) is 3. The summed E-state index contributed by atoms with van der Waals surface area (Å²) < 4.78 is 8.20. The summed E-state index contributed by atoms with van der Waals surface area (Å²) in [7, 11) is 1.27. The van der Waals surface area contributed by atoms with Gasteiger partial charge in [-0.3, -0.25) is 9.13 Å². The summed E-state index contributed by atoms with van der Waals surface area (Å²) in [5, 5.41) is 13.3. The Balaban J connectivity index is 0.00000259. The number of halogens is 1. The molecule has 0 unspecified atom stereocenters. The van der Waals surface area contributed by atoms with E-state index in [-0.39, 0.29) is 35.5 Å². The lowest BCUT2D eigenvalue weighted by Gasteiger charge is -2.10. The van der Waals surface area contributed by atoms with E-state index in [0.29, 0.717) is 5.65 Å². The third-order valence-corrected chi connectivity index (χ3v) is 5.89. The normalized spacial score (nSPS) is 15.4. The van der Waals surface area contributed by atoms with Crippen LogP contribution in [0.2, 0.25) is 0 Å². The van der Waals surface area contributed by atoms with Crippen molar-refractivity contribution in [1.82, 2.24) is 19.4 Å². The molecular weight excluding hydrogens is 444 g/mol. The Morgan fingerprint density at radius 2 is 1.91 bits per heavy atom. The Morgan fingerprint density at radius 3 is 2.61 bits per heavy atom. The van der Waals surface area contributed by atoms with Gasteiger partial charge in [0, 0.05) is 12.7 Å². The average Bonchev–Trinajstić information content (AvgIpc) is 3.44. The zero-order chi connectivity index (χ0) is 22.2. The molecular formula is C24H23ClN4O4. The Hall–Kier alpha value is -3.62. The van der Waals surface area contributed by atoms with Gasteiger partial charge in [0.15, 0.2) is 5.65 Å². The van der Waals surface area contributed by atoms with Crippen molar-refractivity contribution in [2.75, 3.05) is 20.2 Å². The minimum atomic E-state index is -0.603. The van der Waals surface area contributed by atoms with Crippen LogP contribution in [-0.2, 0) is 4.74 Å². The molecule has 8 nitrogen and oxygen atoms in total. The maximum absolute atomic E-state index is 13.4. The molecule has 1 fully saturated rings. The van der Waals surface area contributed by atoms with Crippen molar-refractivity contribution < 1.29 is 14.6 Å². The second-order valence-corrected chi connectivity index (χ2v) is 7.75. The number of phenols is 1. The molecule has 0 aliphatic carbocycles. The Kier molecular flexibility index (Phi) is 6.22. The van der Waals surface area contributed by atoms with Gasteiger partial charge in [-0.2, -0.15) is 0 Å². The van der Waals surface area contributed by atoms with Crippen LogP contribution >= 0.6 is 12.4 Å². The van der Waals surface area contributed by atoms with Crippen LogP contribution in [0.3, 0.4) is 0 Å². The number of carbonyl (C=O) groups is 1. The van der Waals surface area contributed by atoms with Crippen molar-refractivity contribution in [1.29, 1.82) is 0 Å². The van der Waals surface area contributed by atoms with Crippen molar-refractivity contribution in [2.45, 2.75) is 12.5 Å². The van der Waals surface area contributed by atoms with E-state index in [1.807, 2.05) is 36.4 Å². The van der Waals surface area contributed by atoms with Crippen LogP contribution in [-0.4, -0.2) is 45.4 Å². The first-order chi connectivity index (χ1) is 15.6. The Morgan fingerprint density at radius 1 is 1.15 bits per heavy atom. The zero-order valence-corrected chi connectivity index (χ0v) is 18.7. The summed E-state index contributed by atoms with van der Waals surface area (Å²) >= 11 is 0. The molecule has 0 amide bonds. The lowest BCUT2D eigenvalue weighted by Crippen LogP contribution is -2.28. The van der Waals surface area contributed by atoms with Gasteiger partial charge in [0.2, 0.25) is 0 Å². The SMILES string of the molecule is COC(=O)c1cc(-c2ccc(-n3c(=O)n([C@H]4CCNC4)c4ncccc43)cc2)ccc1O.Cl. The molecule has 3 heterocycles. The minimum absolute atomic E-state index is 0. The van der Waals surface area contributed by atoms with E-state index in [1.165, 1.54) is 13.2 Å². The van der Waals surface area contributed by atoms with Crippen LogP contribution in [0.4, 0.5) is 0 Å². The predicted molar refractivity (Wildman–Crippen MR) is 128 cm³/mol. The van der Waals surface area contributed by atoms with Crippen molar-refractivity contribution >= 4 is 29.5 Å². The summed E-state index contributed by atoms with van der Waals surface area (Å²) in [6.45, 7) is 1.63. The highest BCUT2D eigenvalue weighted by molar-refractivity contribution is 5.94. The van der Waals surface area contributed by atoms with Gasteiger partial charge < -0.3 is 15.2 Å². The molecule has 2 aromatic heterocycles. The van der Waals surface area contributed by atoms with Gasteiger partial charge in [0.05, 0.1) is 24.4 Å². The minimum Gasteiger partial charge on any atom is -0.507 e. The summed E-state index contributed by atoms with van der Waals surface area (Å²) in [6.07, 6.45) is 2.59.